The van der Waals surface area contributed by atoms with E-state index in [0.717, 1.165) is 19.3 Å². The van der Waals surface area contributed by atoms with Crippen molar-refractivity contribution in [3.8, 4) is 6.07 Å². The topological polar surface area (TPSA) is 69.9 Å². The van der Waals surface area contributed by atoms with E-state index in [2.05, 4.69) is 0 Å². The molecular formula is C12H11FN3O2+. The molecule has 5 nitrogen and oxygen atoms in total. The minimum Gasteiger partial charge on any atom is -0.258 e. The van der Waals surface area contributed by atoms with Crippen LogP contribution in [0.2, 0.25) is 0 Å². The van der Waals surface area contributed by atoms with Crippen molar-refractivity contribution in [1.82, 2.24) is 0 Å². The van der Waals surface area contributed by atoms with E-state index >= 15 is 0 Å². The van der Waals surface area contributed by atoms with Crippen LogP contribution < -0.4 is 0 Å². The number of nitriles is 1. The van der Waals surface area contributed by atoms with E-state index in [1.165, 1.54) is 12.1 Å². The molecule has 6 heteroatoms. The molecule has 18 heavy (non-hydrogen) atoms. The van der Waals surface area contributed by atoms with E-state index in [9.17, 15) is 14.5 Å². The Morgan fingerprint density at radius 3 is 2.78 bits per heavy atom. The van der Waals surface area contributed by atoms with E-state index in [0.29, 0.717) is 6.54 Å². The fraction of sp³-hybridized carbons (Fsp3) is 0.333. The van der Waals surface area contributed by atoms with Gasteiger partial charge in [0.15, 0.2) is 5.56 Å². The van der Waals surface area contributed by atoms with Gasteiger partial charge in [-0.05, 0) is 6.42 Å². The second-order valence-electron chi connectivity index (χ2n) is 4.03. The molecule has 1 aliphatic heterocycles. The molecular weight excluding hydrogens is 237 g/mol. The Bertz CT molecular complexity index is 575. The third kappa shape index (κ3) is 2.07. The van der Waals surface area contributed by atoms with Gasteiger partial charge in [0.1, 0.15) is 18.8 Å². The summed E-state index contributed by atoms with van der Waals surface area (Å²) in [5, 5.41) is 19.5. The molecule has 1 aliphatic rings. The molecule has 0 N–H and O–H groups in total. The van der Waals surface area contributed by atoms with Crippen LogP contribution in [0.5, 0.6) is 0 Å². The van der Waals surface area contributed by atoms with Crippen LogP contribution in [-0.2, 0) is 0 Å². The Kier molecular flexibility index (Phi) is 3.33. The van der Waals surface area contributed by atoms with Crippen molar-refractivity contribution in [3.05, 3.63) is 33.6 Å². The summed E-state index contributed by atoms with van der Waals surface area (Å²) in [6.45, 7) is 0.666. The number of halogens is 1. The molecule has 0 bridgehead atoms. The summed E-state index contributed by atoms with van der Waals surface area (Å²) < 4.78 is 15.8. The summed E-state index contributed by atoms with van der Waals surface area (Å²) in [5.74, 6) is -0.815. The number of nitro groups is 1. The first-order chi connectivity index (χ1) is 8.65. The molecule has 0 aliphatic carbocycles. The lowest BCUT2D eigenvalue weighted by molar-refractivity contribution is -0.444. The molecule has 0 spiro atoms. The van der Waals surface area contributed by atoms with Crippen LogP contribution >= 0.6 is 0 Å². The van der Waals surface area contributed by atoms with Gasteiger partial charge in [0.05, 0.1) is 4.92 Å². The minimum atomic E-state index is -0.815. The Balaban J connectivity index is 2.55. The van der Waals surface area contributed by atoms with Crippen molar-refractivity contribution in [3.63, 3.8) is 0 Å². The lowest BCUT2D eigenvalue weighted by Gasteiger charge is -2.08. The van der Waals surface area contributed by atoms with E-state index in [4.69, 9.17) is 5.26 Å². The van der Waals surface area contributed by atoms with Crippen LogP contribution in [0.25, 0.3) is 0 Å². The molecule has 0 fully saturated rings. The fourth-order valence-corrected chi connectivity index (χ4v) is 2.02. The number of benzene rings is 1. The second-order valence-corrected chi connectivity index (χ2v) is 4.03. The van der Waals surface area contributed by atoms with E-state index in [-0.39, 0.29) is 5.69 Å². The number of nitrogens with zero attached hydrogens (tertiary/aromatic N) is 3. The van der Waals surface area contributed by atoms with E-state index in [1.807, 2.05) is 6.21 Å². The molecule has 1 aromatic carbocycles. The van der Waals surface area contributed by atoms with Gasteiger partial charge in [-0.2, -0.15) is 9.65 Å². The summed E-state index contributed by atoms with van der Waals surface area (Å²) in [5.41, 5.74) is -0.760. The molecule has 92 valence electrons. The monoisotopic (exact) mass is 248 g/mol. The summed E-state index contributed by atoms with van der Waals surface area (Å²) in [6.07, 6.45) is 4.69. The Morgan fingerprint density at radius 1 is 1.44 bits per heavy atom. The van der Waals surface area contributed by atoms with Crippen LogP contribution in [0.15, 0.2) is 12.1 Å². The summed E-state index contributed by atoms with van der Waals surface area (Å²) in [7, 11) is 0. The normalized spacial score (nSPS) is 14.8. The zero-order valence-electron chi connectivity index (χ0n) is 9.60. The van der Waals surface area contributed by atoms with Crippen LogP contribution in [0.4, 0.5) is 15.8 Å². The van der Waals surface area contributed by atoms with Gasteiger partial charge < -0.3 is 0 Å². The third-order valence-electron chi connectivity index (χ3n) is 2.92. The van der Waals surface area contributed by atoms with Crippen molar-refractivity contribution in [1.29, 1.82) is 5.26 Å². The van der Waals surface area contributed by atoms with Crippen molar-refractivity contribution in [2.75, 3.05) is 6.54 Å². The highest BCUT2D eigenvalue weighted by atomic mass is 19.1. The van der Waals surface area contributed by atoms with Crippen molar-refractivity contribution in [2.45, 2.75) is 19.3 Å². The van der Waals surface area contributed by atoms with Crippen molar-refractivity contribution < 1.29 is 13.9 Å². The maximum absolute atomic E-state index is 14.1. The Labute approximate surface area is 103 Å². The third-order valence-corrected chi connectivity index (χ3v) is 2.92. The van der Waals surface area contributed by atoms with Gasteiger partial charge in [-0.15, -0.1) is 0 Å². The van der Waals surface area contributed by atoms with E-state index in [1.54, 1.807) is 10.6 Å². The summed E-state index contributed by atoms with van der Waals surface area (Å²) in [6, 6.07) is 4.10. The lowest BCUT2D eigenvalue weighted by Crippen LogP contribution is -2.15. The summed E-state index contributed by atoms with van der Waals surface area (Å²) >= 11 is 0. The molecule has 0 saturated heterocycles. The lowest BCUT2D eigenvalue weighted by atomic mass is 10.1. The zero-order valence-corrected chi connectivity index (χ0v) is 9.60. The van der Waals surface area contributed by atoms with E-state index < -0.39 is 22.0 Å². The molecule has 0 amide bonds. The Hall–Kier alpha value is -2.29. The molecule has 1 heterocycles. The molecule has 2 rings (SSSR count). The highest BCUT2D eigenvalue weighted by Crippen LogP contribution is 2.29. The van der Waals surface area contributed by atoms with Gasteiger partial charge in [-0.25, -0.2) is 4.58 Å². The van der Waals surface area contributed by atoms with Gasteiger partial charge in [0.2, 0.25) is 11.5 Å². The maximum atomic E-state index is 14.1. The number of hydrogen-bond acceptors (Lipinski definition) is 3. The average molecular weight is 248 g/mol. The SMILES string of the molecule is N#Cc1c([N+](=O)[O-])ccc([N+]2=CCCCC2)c1F. The van der Waals surface area contributed by atoms with Gasteiger partial charge in [-0.1, -0.05) is 0 Å². The molecule has 0 unspecified atom stereocenters. The highest BCUT2D eigenvalue weighted by molar-refractivity contribution is 5.59. The maximum Gasteiger partial charge on any atom is 0.290 e. The first kappa shape index (κ1) is 12.2. The first-order valence-corrected chi connectivity index (χ1v) is 5.62. The average Bonchev–Trinajstić information content (AvgIpc) is 2.39. The van der Waals surface area contributed by atoms with Gasteiger partial charge in [0.25, 0.3) is 5.69 Å². The van der Waals surface area contributed by atoms with Crippen LogP contribution in [0.3, 0.4) is 0 Å². The van der Waals surface area contributed by atoms with Crippen LogP contribution in [-0.4, -0.2) is 22.3 Å². The van der Waals surface area contributed by atoms with Crippen molar-refractivity contribution in [2.24, 2.45) is 0 Å². The second kappa shape index (κ2) is 4.92. The zero-order chi connectivity index (χ0) is 13.1. The van der Waals surface area contributed by atoms with Gasteiger partial charge >= 0.3 is 0 Å². The number of hydrogen-bond donors (Lipinski definition) is 0. The van der Waals surface area contributed by atoms with Gasteiger partial charge in [-0.3, -0.25) is 10.1 Å². The highest BCUT2D eigenvalue weighted by Gasteiger charge is 2.27. The molecule has 0 aromatic heterocycles. The van der Waals surface area contributed by atoms with Crippen LogP contribution in [0, 0.1) is 27.3 Å². The van der Waals surface area contributed by atoms with Gasteiger partial charge in [0, 0.05) is 25.0 Å². The number of nitro benzene ring substituents is 1. The standard InChI is InChI=1S/C12H11FN3O2/c13-12-9(8-14)10(16(17)18)4-5-11(12)15-6-2-1-3-7-15/h4-6H,1-3,7H2/q+1. The predicted molar refractivity (Wildman–Crippen MR) is 62.5 cm³/mol. The smallest absolute Gasteiger partial charge is 0.258 e. The van der Waals surface area contributed by atoms with Crippen molar-refractivity contribution >= 4 is 17.6 Å². The Morgan fingerprint density at radius 2 is 2.22 bits per heavy atom. The summed E-state index contributed by atoms with van der Waals surface area (Å²) in [4.78, 5) is 9.94. The predicted octanol–water partition coefficient (Wildman–Crippen LogP) is 2.50. The number of rotatable bonds is 2. The minimum absolute atomic E-state index is 0.233. The molecule has 0 atom stereocenters. The fourth-order valence-electron chi connectivity index (χ4n) is 2.02. The molecule has 1 aromatic rings. The first-order valence-electron chi connectivity index (χ1n) is 5.62. The quantitative estimate of drug-likeness (QED) is 0.458. The molecule has 0 saturated carbocycles. The molecule has 0 radical (unpaired) electrons. The largest absolute Gasteiger partial charge is 0.290 e. The van der Waals surface area contributed by atoms with Crippen LogP contribution in [0.1, 0.15) is 24.8 Å².